The highest BCUT2D eigenvalue weighted by molar-refractivity contribution is 7.88. The second-order valence-corrected chi connectivity index (χ2v) is 6.22. The Labute approximate surface area is 104 Å². The van der Waals surface area contributed by atoms with Gasteiger partial charge in [0.15, 0.2) is 0 Å². The minimum atomic E-state index is -3.39. The number of halogens is 2. The maximum Gasteiger partial charge on any atom is 0.315 e. The SMILES string of the molecule is C#CCOP(=O)(Cl)C=C(Cl)c1ccccc1. The largest absolute Gasteiger partial charge is 0.315 e. The Balaban J connectivity index is 2.85. The molecule has 0 bridgehead atoms. The highest BCUT2D eigenvalue weighted by atomic mass is 35.7. The van der Waals surface area contributed by atoms with Gasteiger partial charge in [0.05, 0.1) is 5.03 Å². The lowest BCUT2D eigenvalue weighted by atomic mass is 10.2. The van der Waals surface area contributed by atoms with Crippen LogP contribution in [0.3, 0.4) is 0 Å². The predicted molar refractivity (Wildman–Crippen MR) is 68.5 cm³/mol. The van der Waals surface area contributed by atoms with Gasteiger partial charge in [-0.3, -0.25) is 4.57 Å². The molecule has 0 aliphatic heterocycles. The van der Waals surface area contributed by atoms with Crippen LogP contribution < -0.4 is 0 Å². The molecule has 1 unspecified atom stereocenters. The third-order valence-electron chi connectivity index (χ3n) is 1.64. The molecule has 1 aromatic rings. The Bertz CT molecular complexity index is 463. The van der Waals surface area contributed by atoms with Crippen LogP contribution in [0.2, 0.25) is 0 Å². The first-order valence-electron chi connectivity index (χ1n) is 4.36. The summed E-state index contributed by atoms with van der Waals surface area (Å²) in [5.41, 5.74) is 0.717. The highest BCUT2D eigenvalue weighted by Crippen LogP contribution is 2.55. The van der Waals surface area contributed by atoms with E-state index in [1.54, 1.807) is 12.1 Å². The molecule has 16 heavy (non-hydrogen) atoms. The topological polar surface area (TPSA) is 26.3 Å². The second kappa shape index (κ2) is 6.13. The fraction of sp³-hybridized carbons (Fsp3) is 0.0909. The van der Waals surface area contributed by atoms with E-state index in [0.717, 1.165) is 0 Å². The van der Waals surface area contributed by atoms with Gasteiger partial charge in [-0.1, -0.05) is 47.9 Å². The van der Waals surface area contributed by atoms with Gasteiger partial charge in [-0.25, -0.2) is 0 Å². The molecule has 1 atom stereocenters. The van der Waals surface area contributed by atoms with Gasteiger partial charge in [0.1, 0.15) is 6.61 Å². The van der Waals surface area contributed by atoms with Gasteiger partial charge in [-0.15, -0.1) is 6.42 Å². The van der Waals surface area contributed by atoms with Gasteiger partial charge < -0.3 is 4.52 Å². The summed E-state index contributed by atoms with van der Waals surface area (Å²) in [4.78, 5) is 0. The van der Waals surface area contributed by atoms with Gasteiger partial charge in [-0.2, -0.15) is 0 Å². The Morgan fingerprint density at radius 2 is 2.12 bits per heavy atom. The van der Waals surface area contributed by atoms with Crippen LogP contribution in [0.15, 0.2) is 36.1 Å². The van der Waals surface area contributed by atoms with Gasteiger partial charge in [0.2, 0.25) is 0 Å². The van der Waals surface area contributed by atoms with Gasteiger partial charge in [0, 0.05) is 5.82 Å². The summed E-state index contributed by atoms with van der Waals surface area (Å²) in [5, 5.41) is 0.274. The normalized spacial score (nSPS) is 15.2. The first kappa shape index (κ1) is 13.4. The van der Waals surface area contributed by atoms with Crippen molar-refractivity contribution < 1.29 is 9.09 Å². The van der Waals surface area contributed by atoms with E-state index < -0.39 is 6.72 Å². The standard InChI is InChI=1S/C11H9Cl2O2P/c1-2-8-15-16(13,14)9-11(12)10-6-4-3-5-7-10/h1,3-7,9H,8H2. The zero-order valence-corrected chi connectivity index (χ0v) is 10.7. The summed E-state index contributed by atoms with van der Waals surface area (Å²) in [6.07, 6.45) is 4.97. The van der Waals surface area contributed by atoms with Crippen LogP contribution in [-0.4, -0.2) is 6.61 Å². The molecule has 1 aromatic carbocycles. The zero-order chi connectivity index (χ0) is 12.0. The molecular formula is C11H9Cl2O2P. The van der Waals surface area contributed by atoms with Crippen molar-refractivity contribution in [2.24, 2.45) is 0 Å². The molecule has 5 heteroatoms. The summed E-state index contributed by atoms with van der Waals surface area (Å²) in [6.45, 7) is -3.51. The van der Waals surface area contributed by atoms with Crippen molar-refractivity contribution in [2.45, 2.75) is 0 Å². The molecule has 0 amide bonds. The monoisotopic (exact) mass is 274 g/mol. The summed E-state index contributed by atoms with van der Waals surface area (Å²) in [5.74, 6) is 3.37. The van der Waals surface area contributed by atoms with Crippen LogP contribution in [0.1, 0.15) is 5.56 Å². The number of benzene rings is 1. The molecule has 0 aliphatic carbocycles. The van der Waals surface area contributed by atoms with Gasteiger partial charge in [-0.05, 0) is 16.8 Å². The molecule has 0 N–H and O–H groups in total. The molecule has 0 fully saturated rings. The minimum Gasteiger partial charge on any atom is -0.302 e. The molecule has 0 aliphatic rings. The lowest BCUT2D eigenvalue weighted by Gasteiger charge is -2.05. The van der Waals surface area contributed by atoms with Crippen molar-refractivity contribution in [1.82, 2.24) is 0 Å². The Kier molecular flexibility index (Phi) is 5.12. The zero-order valence-electron chi connectivity index (χ0n) is 8.27. The average molecular weight is 275 g/mol. The van der Waals surface area contributed by atoms with E-state index in [1.807, 2.05) is 18.2 Å². The van der Waals surface area contributed by atoms with Gasteiger partial charge in [0.25, 0.3) is 0 Å². The van der Waals surface area contributed by atoms with Crippen molar-refractivity contribution in [3.8, 4) is 12.3 Å². The summed E-state index contributed by atoms with van der Waals surface area (Å²) in [7, 11) is 0. The van der Waals surface area contributed by atoms with Crippen molar-refractivity contribution >= 4 is 34.6 Å². The van der Waals surface area contributed by atoms with Crippen LogP contribution in [0.4, 0.5) is 0 Å². The van der Waals surface area contributed by atoms with Crippen LogP contribution >= 0.6 is 29.6 Å². The third-order valence-corrected chi connectivity index (χ3v) is 3.75. The van der Waals surface area contributed by atoms with Crippen LogP contribution in [0.5, 0.6) is 0 Å². The van der Waals surface area contributed by atoms with E-state index in [2.05, 4.69) is 5.92 Å². The Morgan fingerprint density at radius 3 is 2.69 bits per heavy atom. The highest BCUT2D eigenvalue weighted by Gasteiger charge is 2.16. The van der Waals surface area contributed by atoms with E-state index in [-0.39, 0.29) is 11.6 Å². The molecule has 84 valence electrons. The average Bonchev–Trinajstić information content (AvgIpc) is 2.27. The van der Waals surface area contributed by atoms with E-state index in [9.17, 15) is 4.57 Å². The quantitative estimate of drug-likeness (QED) is 0.604. The third kappa shape index (κ3) is 4.43. The molecule has 0 aromatic heterocycles. The number of hydrogen-bond acceptors (Lipinski definition) is 2. The fourth-order valence-electron chi connectivity index (χ4n) is 0.970. The summed E-state index contributed by atoms with van der Waals surface area (Å²) >= 11 is 11.6. The predicted octanol–water partition coefficient (Wildman–Crippen LogP) is 4.31. The Morgan fingerprint density at radius 1 is 1.50 bits per heavy atom. The molecule has 0 saturated carbocycles. The van der Waals surface area contributed by atoms with Gasteiger partial charge >= 0.3 is 6.72 Å². The lowest BCUT2D eigenvalue weighted by Crippen LogP contribution is -1.83. The maximum absolute atomic E-state index is 11.6. The summed E-state index contributed by atoms with van der Waals surface area (Å²) < 4.78 is 16.4. The number of terminal acetylenes is 1. The molecule has 0 spiro atoms. The van der Waals surface area contributed by atoms with Crippen LogP contribution in [-0.2, 0) is 9.09 Å². The molecule has 0 heterocycles. The smallest absolute Gasteiger partial charge is 0.302 e. The number of rotatable bonds is 4. The molecular weight excluding hydrogens is 266 g/mol. The molecule has 0 radical (unpaired) electrons. The van der Waals surface area contributed by atoms with E-state index in [4.69, 9.17) is 33.8 Å². The number of hydrogen-bond donors (Lipinski definition) is 0. The van der Waals surface area contributed by atoms with Crippen molar-refractivity contribution in [1.29, 1.82) is 0 Å². The van der Waals surface area contributed by atoms with Crippen molar-refractivity contribution in [3.05, 3.63) is 41.7 Å². The first-order chi connectivity index (χ1) is 7.55. The maximum atomic E-state index is 11.6. The van der Waals surface area contributed by atoms with E-state index in [0.29, 0.717) is 5.56 Å². The van der Waals surface area contributed by atoms with Crippen LogP contribution in [0, 0.1) is 12.3 Å². The van der Waals surface area contributed by atoms with Crippen LogP contribution in [0.25, 0.3) is 5.03 Å². The second-order valence-electron chi connectivity index (χ2n) is 2.84. The minimum absolute atomic E-state index is 0.115. The Hall–Kier alpha value is -0.710. The van der Waals surface area contributed by atoms with Crippen molar-refractivity contribution in [2.75, 3.05) is 6.61 Å². The van der Waals surface area contributed by atoms with E-state index in [1.165, 1.54) is 5.82 Å². The molecule has 1 rings (SSSR count). The first-order valence-corrected chi connectivity index (χ1v) is 7.34. The lowest BCUT2D eigenvalue weighted by molar-refractivity contribution is 0.379. The van der Waals surface area contributed by atoms with Crippen molar-refractivity contribution in [3.63, 3.8) is 0 Å². The molecule has 2 nitrogen and oxygen atoms in total. The molecule has 0 saturated heterocycles. The van der Waals surface area contributed by atoms with E-state index >= 15 is 0 Å². The summed E-state index contributed by atoms with van der Waals surface area (Å²) in [6, 6.07) is 9.02. The fourth-order valence-corrected chi connectivity index (χ4v) is 2.82.